The molecule has 6 nitrogen and oxygen atoms in total. The molecule has 2 saturated heterocycles. The van der Waals surface area contributed by atoms with Gasteiger partial charge in [0.25, 0.3) is 0 Å². The van der Waals surface area contributed by atoms with Gasteiger partial charge in [0.05, 0.1) is 11.0 Å². The third kappa shape index (κ3) is 2.67. The minimum absolute atomic E-state index is 0.0154. The molecule has 0 spiro atoms. The van der Waals surface area contributed by atoms with E-state index < -0.39 is 10.0 Å². The molecule has 2 heterocycles. The summed E-state index contributed by atoms with van der Waals surface area (Å²) >= 11 is 0. The zero-order valence-electron chi connectivity index (χ0n) is 10.6. The van der Waals surface area contributed by atoms with Crippen molar-refractivity contribution < 1.29 is 18.4 Å². The van der Waals surface area contributed by atoms with E-state index in [1.54, 1.807) is 4.31 Å². The fraction of sp³-hybridized carbons (Fsp3) is 0.909. The lowest BCUT2D eigenvalue weighted by Gasteiger charge is -2.34. The van der Waals surface area contributed by atoms with Gasteiger partial charge in [-0.05, 0) is 12.8 Å². The highest BCUT2D eigenvalue weighted by Crippen LogP contribution is 2.24. The molecular weight excluding hydrogens is 256 g/mol. The van der Waals surface area contributed by atoms with Crippen LogP contribution in [0, 0.1) is 5.92 Å². The summed E-state index contributed by atoms with van der Waals surface area (Å²) in [6.07, 6.45) is 1.67. The topological polar surface area (TPSA) is 79.2 Å². The maximum Gasteiger partial charge on any atom is 0.217 e. The first-order valence-corrected chi connectivity index (χ1v) is 7.83. The summed E-state index contributed by atoms with van der Waals surface area (Å²) in [6.45, 7) is 3.77. The molecule has 0 aromatic heterocycles. The van der Waals surface area contributed by atoms with Crippen LogP contribution in [0.4, 0.5) is 0 Å². The molecule has 0 saturated carbocycles. The van der Waals surface area contributed by atoms with E-state index in [4.69, 9.17) is 9.94 Å². The van der Waals surface area contributed by atoms with Gasteiger partial charge in [0.15, 0.2) is 0 Å². The number of hydrogen-bond donors (Lipinski definition) is 1. The molecule has 2 rings (SSSR count). The Bertz CT molecular complexity index is 415. The summed E-state index contributed by atoms with van der Waals surface area (Å²) in [4.78, 5) is 0. The van der Waals surface area contributed by atoms with Gasteiger partial charge >= 0.3 is 0 Å². The summed E-state index contributed by atoms with van der Waals surface area (Å²) in [5.41, 5.74) is 0.688. The quantitative estimate of drug-likeness (QED) is 0.594. The smallest absolute Gasteiger partial charge is 0.217 e. The lowest BCUT2D eigenvalue weighted by molar-refractivity contribution is 0.0970. The summed E-state index contributed by atoms with van der Waals surface area (Å²) in [5.74, 6) is -0.0154. The summed E-state index contributed by atoms with van der Waals surface area (Å²) < 4.78 is 31.6. The van der Waals surface area contributed by atoms with E-state index in [0.29, 0.717) is 51.3 Å². The molecular formula is C11H20N2O4S. The third-order valence-corrected chi connectivity index (χ3v) is 6.11. The molecule has 0 radical (unpaired) electrons. The summed E-state index contributed by atoms with van der Waals surface area (Å²) in [7, 11) is -3.23. The zero-order chi connectivity index (χ0) is 13.2. The predicted molar refractivity (Wildman–Crippen MR) is 67.3 cm³/mol. The molecule has 0 amide bonds. The van der Waals surface area contributed by atoms with Gasteiger partial charge in [-0.3, -0.25) is 0 Å². The first kappa shape index (κ1) is 13.8. The monoisotopic (exact) mass is 276 g/mol. The van der Waals surface area contributed by atoms with Gasteiger partial charge in [-0.2, -0.15) is 0 Å². The molecule has 2 aliphatic heterocycles. The lowest BCUT2D eigenvalue weighted by atomic mass is 10.00. The Balaban J connectivity index is 2.07. The van der Waals surface area contributed by atoms with Crippen molar-refractivity contribution in [2.24, 2.45) is 11.1 Å². The molecule has 18 heavy (non-hydrogen) atoms. The Labute approximate surface area is 108 Å². The molecule has 1 unspecified atom stereocenters. The molecule has 0 aliphatic carbocycles. The van der Waals surface area contributed by atoms with Gasteiger partial charge in [0.2, 0.25) is 10.0 Å². The first-order chi connectivity index (χ1) is 8.55. The molecule has 2 fully saturated rings. The van der Waals surface area contributed by atoms with Crippen LogP contribution in [0.15, 0.2) is 5.16 Å². The van der Waals surface area contributed by atoms with Crippen LogP contribution >= 0.6 is 0 Å². The molecule has 2 aliphatic rings. The van der Waals surface area contributed by atoms with Crippen LogP contribution in [0.25, 0.3) is 0 Å². The number of nitrogens with zero attached hydrogens (tertiary/aromatic N) is 2. The number of rotatable bonds is 2. The maximum absolute atomic E-state index is 12.4. The van der Waals surface area contributed by atoms with Crippen LogP contribution in [0.1, 0.15) is 26.2 Å². The highest BCUT2D eigenvalue weighted by molar-refractivity contribution is 7.89. The van der Waals surface area contributed by atoms with Crippen LogP contribution in [-0.2, 0) is 14.8 Å². The van der Waals surface area contributed by atoms with Crippen molar-refractivity contribution in [2.75, 3.05) is 26.3 Å². The molecule has 0 aromatic carbocycles. The highest BCUT2D eigenvalue weighted by Gasteiger charge is 2.36. The van der Waals surface area contributed by atoms with Crippen LogP contribution in [0.2, 0.25) is 0 Å². The third-order valence-electron chi connectivity index (χ3n) is 3.74. The second kappa shape index (κ2) is 5.54. The SMILES string of the molecule is CC1CN(S(=O)(=O)C2CCOCC2)CCC1=NO. The normalized spacial score (nSPS) is 30.7. The van der Waals surface area contributed by atoms with Crippen molar-refractivity contribution in [1.82, 2.24) is 4.31 Å². The number of ether oxygens (including phenoxy) is 1. The van der Waals surface area contributed by atoms with Gasteiger partial charge in [-0.25, -0.2) is 12.7 Å². The van der Waals surface area contributed by atoms with Gasteiger partial charge in [0.1, 0.15) is 0 Å². The fourth-order valence-corrected chi connectivity index (χ4v) is 4.54. The maximum atomic E-state index is 12.4. The predicted octanol–water partition coefficient (Wildman–Crippen LogP) is 0.667. The van der Waals surface area contributed by atoms with Crippen molar-refractivity contribution in [1.29, 1.82) is 0 Å². The van der Waals surface area contributed by atoms with Gasteiger partial charge in [-0.1, -0.05) is 12.1 Å². The van der Waals surface area contributed by atoms with Gasteiger partial charge in [-0.15, -0.1) is 0 Å². The second-order valence-electron chi connectivity index (χ2n) is 4.96. The minimum Gasteiger partial charge on any atom is -0.411 e. The Kier molecular flexibility index (Phi) is 4.24. The van der Waals surface area contributed by atoms with E-state index in [-0.39, 0.29) is 11.2 Å². The Hall–Kier alpha value is -0.660. The molecule has 0 aromatic rings. The van der Waals surface area contributed by atoms with Crippen LogP contribution in [0.5, 0.6) is 0 Å². The Morgan fingerprint density at radius 3 is 2.61 bits per heavy atom. The number of sulfonamides is 1. The van der Waals surface area contributed by atoms with Gasteiger partial charge in [0, 0.05) is 38.6 Å². The fourth-order valence-electron chi connectivity index (χ4n) is 2.55. The zero-order valence-corrected chi connectivity index (χ0v) is 11.4. The van der Waals surface area contributed by atoms with Crippen molar-refractivity contribution >= 4 is 15.7 Å². The Morgan fingerprint density at radius 2 is 2.06 bits per heavy atom. The van der Waals surface area contributed by atoms with E-state index in [1.165, 1.54) is 0 Å². The van der Waals surface area contributed by atoms with E-state index >= 15 is 0 Å². The molecule has 104 valence electrons. The Morgan fingerprint density at radius 1 is 1.39 bits per heavy atom. The van der Waals surface area contributed by atoms with E-state index in [9.17, 15) is 8.42 Å². The number of piperidine rings is 1. The standard InChI is InChI=1S/C11H20N2O4S/c1-9-8-13(5-2-11(9)12-14)18(15,16)10-3-6-17-7-4-10/h9-10,14H,2-8H2,1H3. The largest absolute Gasteiger partial charge is 0.411 e. The molecule has 7 heteroatoms. The van der Waals surface area contributed by atoms with Crippen LogP contribution in [-0.4, -0.2) is 55.2 Å². The average molecular weight is 276 g/mol. The average Bonchev–Trinajstić information content (AvgIpc) is 2.39. The van der Waals surface area contributed by atoms with Crippen molar-refractivity contribution in [3.05, 3.63) is 0 Å². The summed E-state index contributed by atoms with van der Waals surface area (Å²) in [6, 6.07) is 0. The van der Waals surface area contributed by atoms with Gasteiger partial charge < -0.3 is 9.94 Å². The number of hydrogen-bond acceptors (Lipinski definition) is 5. The van der Waals surface area contributed by atoms with Crippen molar-refractivity contribution in [3.8, 4) is 0 Å². The van der Waals surface area contributed by atoms with Crippen molar-refractivity contribution in [3.63, 3.8) is 0 Å². The lowest BCUT2D eigenvalue weighted by Crippen LogP contribution is -2.48. The second-order valence-corrected chi connectivity index (χ2v) is 7.17. The van der Waals surface area contributed by atoms with Crippen LogP contribution < -0.4 is 0 Å². The van der Waals surface area contributed by atoms with Crippen LogP contribution in [0.3, 0.4) is 0 Å². The minimum atomic E-state index is -3.23. The summed E-state index contributed by atoms with van der Waals surface area (Å²) in [5, 5.41) is 11.7. The van der Waals surface area contributed by atoms with Crippen molar-refractivity contribution in [2.45, 2.75) is 31.4 Å². The molecule has 1 atom stereocenters. The highest BCUT2D eigenvalue weighted by atomic mass is 32.2. The van der Waals surface area contributed by atoms with E-state index in [0.717, 1.165) is 0 Å². The van der Waals surface area contributed by atoms with E-state index in [1.807, 2.05) is 6.92 Å². The number of oxime groups is 1. The van der Waals surface area contributed by atoms with E-state index in [2.05, 4.69) is 5.16 Å². The molecule has 0 bridgehead atoms. The molecule has 1 N–H and O–H groups in total. The first-order valence-electron chi connectivity index (χ1n) is 6.33.